The number of halogens is 1. The van der Waals surface area contributed by atoms with Gasteiger partial charge < -0.3 is 5.32 Å². The lowest BCUT2D eigenvalue weighted by Gasteiger charge is -2.16. The topological polar surface area (TPSA) is 32.3 Å². The van der Waals surface area contributed by atoms with Crippen molar-refractivity contribution in [3.8, 4) is 0 Å². The van der Waals surface area contributed by atoms with Gasteiger partial charge in [-0.25, -0.2) is 0 Å². The lowest BCUT2D eigenvalue weighted by atomic mass is 10.2. The number of benzene rings is 2. The van der Waals surface area contributed by atoms with Crippen LogP contribution in [0.1, 0.15) is 11.1 Å². The molecule has 0 aliphatic heterocycles. The molecular weight excluding hydrogens is 284 g/mol. The van der Waals surface area contributed by atoms with Crippen LogP contribution in [0.2, 0.25) is 5.02 Å². The minimum atomic E-state index is 0.00778. The highest BCUT2D eigenvalue weighted by atomic mass is 35.5. The third-order valence-electron chi connectivity index (χ3n) is 3.09. The van der Waals surface area contributed by atoms with Gasteiger partial charge in [-0.15, -0.1) is 0 Å². The average Bonchev–Trinajstić information content (AvgIpc) is 2.46. The molecule has 0 aliphatic carbocycles. The van der Waals surface area contributed by atoms with E-state index in [1.54, 1.807) is 0 Å². The van der Waals surface area contributed by atoms with Gasteiger partial charge >= 0.3 is 0 Å². The first-order chi connectivity index (χ1) is 10.1. The Bertz CT molecular complexity index is 586. The molecule has 2 rings (SSSR count). The summed E-state index contributed by atoms with van der Waals surface area (Å²) >= 11 is 5.91. The molecule has 1 amide bonds. The number of hydrogen-bond acceptors (Lipinski definition) is 2. The van der Waals surface area contributed by atoms with Crippen molar-refractivity contribution in [3.05, 3.63) is 70.7 Å². The summed E-state index contributed by atoms with van der Waals surface area (Å²) in [5, 5.41) is 3.59. The van der Waals surface area contributed by atoms with E-state index in [9.17, 15) is 4.79 Å². The van der Waals surface area contributed by atoms with Crippen LogP contribution in [0.5, 0.6) is 0 Å². The zero-order valence-electron chi connectivity index (χ0n) is 12.1. The summed E-state index contributed by atoms with van der Waals surface area (Å²) in [6.45, 7) is 1.62. The van der Waals surface area contributed by atoms with Crippen molar-refractivity contribution >= 4 is 17.5 Å². The normalized spacial score (nSPS) is 10.6. The second kappa shape index (κ2) is 7.81. The number of amides is 1. The van der Waals surface area contributed by atoms with Crippen LogP contribution in [0.25, 0.3) is 0 Å². The van der Waals surface area contributed by atoms with E-state index >= 15 is 0 Å². The average molecular weight is 303 g/mol. The van der Waals surface area contributed by atoms with Gasteiger partial charge in [-0.2, -0.15) is 0 Å². The fourth-order valence-electron chi connectivity index (χ4n) is 2.10. The summed E-state index contributed by atoms with van der Waals surface area (Å²) in [6.07, 6.45) is 0. The van der Waals surface area contributed by atoms with Crippen molar-refractivity contribution in [2.24, 2.45) is 0 Å². The van der Waals surface area contributed by atoms with Gasteiger partial charge in [0, 0.05) is 18.1 Å². The van der Waals surface area contributed by atoms with E-state index in [0.29, 0.717) is 18.1 Å². The van der Waals surface area contributed by atoms with Crippen LogP contribution >= 0.6 is 11.6 Å². The summed E-state index contributed by atoms with van der Waals surface area (Å²) in [4.78, 5) is 13.9. The Morgan fingerprint density at radius 1 is 1.10 bits per heavy atom. The molecule has 0 fully saturated rings. The van der Waals surface area contributed by atoms with E-state index in [-0.39, 0.29) is 5.91 Å². The lowest BCUT2D eigenvalue weighted by molar-refractivity contribution is -0.122. The fraction of sp³-hybridized carbons (Fsp3) is 0.235. The molecule has 1 N–H and O–H groups in total. The summed E-state index contributed by atoms with van der Waals surface area (Å²) in [5.41, 5.74) is 2.20. The minimum absolute atomic E-state index is 0.00778. The van der Waals surface area contributed by atoms with Crippen LogP contribution in [0.15, 0.2) is 54.6 Å². The number of rotatable bonds is 6. The highest BCUT2D eigenvalue weighted by Gasteiger charge is 2.07. The van der Waals surface area contributed by atoms with Gasteiger partial charge in [-0.1, -0.05) is 54.1 Å². The number of nitrogens with one attached hydrogen (secondary N) is 1. The Balaban J connectivity index is 1.76. The van der Waals surface area contributed by atoms with Crippen molar-refractivity contribution in [3.63, 3.8) is 0 Å². The van der Waals surface area contributed by atoms with Crippen LogP contribution < -0.4 is 5.32 Å². The van der Waals surface area contributed by atoms with Crippen molar-refractivity contribution in [1.29, 1.82) is 0 Å². The molecule has 0 atom stereocenters. The number of hydrogen-bond donors (Lipinski definition) is 1. The highest BCUT2D eigenvalue weighted by Crippen LogP contribution is 2.10. The molecule has 0 radical (unpaired) electrons. The molecule has 110 valence electrons. The first-order valence-corrected chi connectivity index (χ1v) is 7.25. The van der Waals surface area contributed by atoms with E-state index in [0.717, 1.165) is 12.1 Å². The fourth-order valence-corrected chi connectivity index (χ4v) is 2.31. The maximum Gasteiger partial charge on any atom is 0.234 e. The monoisotopic (exact) mass is 302 g/mol. The number of likely N-dealkylation sites (N-methyl/N-ethyl adjacent to an activating group) is 1. The highest BCUT2D eigenvalue weighted by molar-refractivity contribution is 6.30. The van der Waals surface area contributed by atoms with Crippen molar-refractivity contribution in [1.82, 2.24) is 10.2 Å². The predicted octanol–water partition coefficient (Wildman–Crippen LogP) is 3.09. The third-order valence-corrected chi connectivity index (χ3v) is 3.32. The van der Waals surface area contributed by atoms with Crippen molar-refractivity contribution < 1.29 is 4.79 Å². The zero-order chi connectivity index (χ0) is 15.1. The first kappa shape index (κ1) is 15.5. The molecule has 2 aromatic rings. The molecule has 4 heteroatoms. The van der Waals surface area contributed by atoms with Crippen LogP contribution in [-0.2, 0) is 17.9 Å². The standard InChI is InChI=1S/C17H19ClN2O/c1-20(12-14-6-3-2-4-7-14)13-17(21)19-11-15-8-5-9-16(18)10-15/h2-10H,11-13H2,1H3,(H,19,21). The lowest BCUT2D eigenvalue weighted by Crippen LogP contribution is -2.34. The number of carbonyl (C=O) groups excluding carboxylic acids is 1. The van der Waals surface area contributed by atoms with Gasteiger partial charge in [0.2, 0.25) is 5.91 Å². The molecule has 3 nitrogen and oxygen atoms in total. The quantitative estimate of drug-likeness (QED) is 0.889. The van der Waals surface area contributed by atoms with Crippen molar-refractivity contribution in [2.45, 2.75) is 13.1 Å². The van der Waals surface area contributed by atoms with E-state index < -0.39 is 0 Å². The molecule has 0 saturated carbocycles. The first-order valence-electron chi connectivity index (χ1n) is 6.87. The van der Waals surface area contributed by atoms with Gasteiger partial charge in [0.15, 0.2) is 0 Å². The molecule has 0 bridgehead atoms. The number of carbonyl (C=O) groups is 1. The molecule has 0 aliphatic rings. The smallest absolute Gasteiger partial charge is 0.234 e. The summed E-state index contributed by atoms with van der Waals surface area (Å²) in [5.74, 6) is 0.00778. The zero-order valence-corrected chi connectivity index (χ0v) is 12.8. The van der Waals surface area contributed by atoms with E-state index in [1.165, 1.54) is 5.56 Å². The summed E-state index contributed by atoms with van der Waals surface area (Å²) in [6, 6.07) is 17.6. The van der Waals surface area contributed by atoms with E-state index in [2.05, 4.69) is 17.4 Å². The van der Waals surface area contributed by atoms with Gasteiger partial charge in [0.25, 0.3) is 0 Å². The molecule has 0 unspecified atom stereocenters. The largest absolute Gasteiger partial charge is 0.351 e. The van der Waals surface area contributed by atoms with Crippen LogP contribution in [0.4, 0.5) is 0 Å². The predicted molar refractivity (Wildman–Crippen MR) is 86.1 cm³/mol. The Kier molecular flexibility index (Phi) is 5.78. The minimum Gasteiger partial charge on any atom is -0.351 e. The second-order valence-electron chi connectivity index (χ2n) is 5.06. The van der Waals surface area contributed by atoms with Crippen molar-refractivity contribution in [2.75, 3.05) is 13.6 Å². The maximum atomic E-state index is 11.9. The van der Waals surface area contributed by atoms with Gasteiger partial charge in [0.05, 0.1) is 6.54 Å². The van der Waals surface area contributed by atoms with Gasteiger partial charge in [-0.05, 0) is 30.3 Å². The Morgan fingerprint density at radius 3 is 2.52 bits per heavy atom. The molecule has 0 heterocycles. The molecular formula is C17H19ClN2O. The molecule has 21 heavy (non-hydrogen) atoms. The van der Waals surface area contributed by atoms with Crippen LogP contribution in [0, 0.1) is 0 Å². The molecule has 0 saturated heterocycles. The van der Waals surface area contributed by atoms with Crippen LogP contribution in [0.3, 0.4) is 0 Å². The summed E-state index contributed by atoms with van der Waals surface area (Å²) < 4.78 is 0. The Morgan fingerprint density at radius 2 is 1.81 bits per heavy atom. The molecule has 0 spiro atoms. The van der Waals surface area contributed by atoms with Gasteiger partial charge in [-0.3, -0.25) is 9.69 Å². The summed E-state index contributed by atoms with van der Waals surface area (Å²) in [7, 11) is 1.94. The Hall–Kier alpha value is -1.84. The van der Waals surface area contributed by atoms with E-state index in [4.69, 9.17) is 11.6 Å². The van der Waals surface area contributed by atoms with E-state index in [1.807, 2.05) is 54.4 Å². The second-order valence-corrected chi connectivity index (χ2v) is 5.50. The third kappa shape index (κ3) is 5.58. The SMILES string of the molecule is CN(CC(=O)NCc1cccc(Cl)c1)Cc1ccccc1. The number of nitrogens with zero attached hydrogens (tertiary/aromatic N) is 1. The maximum absolute atomic E-state index is 11.9. The van der Waals surface area contributed by atoms with Gasteiger partial charge in [0.1, 0.15) is 0 Å². The molecule has 2 aromatic carbocycles. The molecule has 0 aromatic heterocycles. The Labute approximate surface area is 130 Å². The van der Waals surface area contributed by atoms with Crippen LogP contribution in [-0.4, -0.2) is 24.4 Å².